The molecule has 38 heteroatoms. The summed E-state index contributed by atoms with van der Waals surface area (Å²) in [7, 11) is 0. The summed E-state index contributed by atoms with van der Waals surface area (Å²) in [4.78, 5) is 0. The van der Waals surface area contributed by atoms with E-state index in [9.17, 15) is 47.6 Å². The summed E-state index contributed by atoms with van der Waals surface area (Å²) in [6, 6.07) is 0. The van der Waals surface area contributed by atoms with Gasteiger partial charge in [0.25, 0.3) is 0 Å². The molecule has 0 bridgehead atoms. The van der Waals surface area contributed by atoms with Crippen LogP contribution >= 0.6 is 0 Å². The van der Waals surface area contributed by atoms with Crippen LogP contribution in [0.25, 0.3) is 0 Å². The molecule has 0 aromatic rings. The fourth-order valence-electron chi connectivity index (χ4n) is 0.676. The standard InChI is InChI=1S/8Mo.4H3N.4H2O.22O/h;;;;;;;;4*1H3;4*1H2;;;;;;;;;;;;;;;;;;;;;;/q;;;;;2*+1;+2;;;;;;;;;;;;;;;;;;;;;;;;;;;;;;/p-4. The molecule has 0 radical (unpaired) electrons. The first-order valence-electron chi connectivity index (χ1n) is 5.40. The van der Waals surface area contributed by atoms with Gasteiger partial charge in [0.15, 0.2) is 0 Å². The van der Waals surface area contributed by atoms with Crippen molar-refractivity contribution in [2.45, 2.75) is 0 Å². The van der Waals surface area contributed by atoms with E-state index in [1.807, 2.05) is 0 Å². The first kappa shape index (κ1) is 52.4. The van der Waals surface area contributed by atoms with Crippen LogP contribution in [0, 0.1) is 0 Å². The zero-order chi connectivity index (χ0) is 28.2. The maximum absolute atomic E-state index is 11.2. The fourth-order valence-corrected chi connectivity index (χ4v) is 33.4. The molecule has 0 unspecified atom stereocenters. The Kier molecular flexibility index (Phi) is 24.5. The Morgan fingerprint density at radius 3 is 0.500 bits per heavy atom. The molecule has 240 valence electrons. The van der Waals surface area contributed by atoms with E-state index in [2.05, 4.69) is 12.3 Å². The molecule has 0 aliphatic carbocycles. The summed E-state index contributed by atoms with van der Waals surface area (Å²) in [6.45, 7) is 0. The monoisotopic (exact) mass is 1270 g/mol. The SMILES string of the molecule is N.N.N.N.[O]=[Mo](=[O])([OH])[OH].[O]=[Mo](=[O])([OH])[O][Mo](=[O])(=[O])[O][Mo](=[O])(=[O])[O][Mo](=[O])(=[O])[O][Mo](=[O])(=[O])[O][Mo](=[O])(=[O])[O][Mo](=[O])(=[O])[OH]. The van der Waals surface area contributed by atoms with Crippen molar-refractivity contribution in [2.75, 3.05) is 0 Å². The molecule has 0 aliphatic heterocycles. The molecule has 0 atom stereocenters. The molecular formula is H16Mo8N4O26. The van der Waals surface area contributed by atoms with Crippen LogP contribution in [0.2, 0.25) is 0 Å². The number of rotatable bonds is 12. The summed E-state index contributed by atoms with van der Waals surface area (Å²) in [5.41, 5.74) is 0. The van der Waals surface area contributed by atoms with Crippen LogP contribution in [-0.4, -0.2) is 15.0 Å². The Hall–Kier alpha value is 1.75. The molecule has 0 spiro atoms. The van der Waals surface area contributed by atoms with Crippen molar-refractivity contribution >= 4 is 0 Å². The Morgan fingerprint density at radius 2 is 0.395 bits per heavy atom. The van der Waals surface area contributed by atoms with E-state index in [-0.39, 0.29) is 24.6 Å². The van der Waals surface area contributed by atoms with Gasteiger partial charge in [-0.25, -0.2) is 0 Å². The third-order valence-electron chi connectivity index (χ3n) is 1.01. The summed E-state index contributed by atoms with van der Waals surface area (Å²) < 4.78 is 218. The van der Waals surface area contributed by atoms with Gasteiger partial charge in [-0.1, -0.05) is 0 Å². The molecule has 0 rings (SSSR count). The predicted molar refractivity (Wildman–Crippen MR) is 46.5 cm³/mol. The van der Waals surface area contributed by atoms with Gasteiger partial charge in [-0.05, 0) is 0 Å². The Morgan fingerprint density at radius 1 is 0.289 bits per heavy atom. The zero-order valence-corrected chi connectivity index (χ0v) is 32.9. The molecule has 0 aromatic carbocycles. The topological polar surface area (TPSA) is 549 Å². The fraction of sp³-hybridized carbons (Fsp3) is 0. The van der Waals surface area contributed by atoms with E-state index in [1.165, 1.54) is 0 Å². The van der Waals surface area contributed by atoms with Crippen LogP contribution in [0.3, 0.4) is 0 Å². The van der Waals surface area contributed by atoms with Gasteiger partial charge in [0.05, 0.1) is 0 Å². The van der Waals surface area contributed by atoms with E-state index < -0.39 is 134 Å². The molecule has 30 nitrogen and oxygen atoms in total. The number of hydrogen-bond donors (Lipinski definition) is 8. The van der Waals surface area contributed by atoms with E-state index in [0.29, 0.717) is 0 Å². The van der Waals surface area contributed by atoms with E-state index in [0.717, 1.165) is 0 Å². The van der Waals surface area contributed by atoms with Crippen molar-refractivity contribution in [1.82, 2.24) is 24.6 Å². The molecule has 0 amide bonds. The molecule has 0 aromatic heterocycles. The molecule has 0 fully saturated rings. The summed E-state index contributed by atoms with van der Waals surface area (Å²) in [6.07, 6.45) is 0. The second kappa shape index (κ2) is 17.8. The third-order valence-corrected chi connectivity index (χ3v) is 35.2. The van der Waals surface area contributed by atoms with Gasteiger partial charge in [0.1, 0.15) is 0 Å². The number of hydrogen-bond acceptors (Lipinski definition) is 26. The Balaban J connectivity index is -0.000000259. The Labute approximate surface area is 236 Å². The van der Waals surface area contributed by atoms with Gasteiger partial charge < -0.3 is 24.6 Å². The maximum atomic E-state index is 11.2. The van der Waals surface area contributed by atoms with Crippen LogP contribution in [0.5, 0.6) is 0 Å². The van der Waals surface area contributed by atoms with Crippen molar-refractivity contribution in [3.8, 4) is 0 Å². The van der Waals surface area contributed by atoms with Crippen LogP contribution < -0.4 is 24.6 Å². The van der Waals surface area contributed by atoms with E-state index >= 15 is 0 Å². The Bertz CT molecular complexity index is 1480. The molecule has 0 aliphatic rings. The minimum absolute atomic E-state index is 0. The van der Waals surface area contributed by atoms with Gasteiger partial charge in [-0.15, -0.1) is 0 Å². The van der Waals surface area contributed by atoms with E-state index in [4.69, 9.17) is 21.8 Å². The predicted octanol–water partition coefficient (Wildman–Crippen LogP) is -3.91. The van der Waals surface area contributed by atoms with Crippen LogP contribution in [0.4, 0.5) is 0 Å². The van der Waals surface area contributed by atoms with Crippen molar-refractivity contribution in [1.29, 1.82) is 0 Å². The molecular weight excluding hydrogens is 1240 g/mol. The second-order valence-corrected chi connectivity index (χ2v) is 34.1. The quantitative estimate of drug-likeness (QED) is 0.0866. The molecule has 38 heavy (non-hydrogen) atoms. The minimum atomic E-state index is -7.74. The van der Waals surface area contributed by atoms with Crippen molar-refractivity contribution in [3.05, 3.63) is 0 Å². The van der Waals surface area contributed by atoms with Gasteiger partial charge in [-0.3, -0.25) is 0 Å². The first-order valence-corrected chi connectivity index (χ1v) is 31.9. The molecule has 16 N–H and O–H groups in total. The van der Waals surface area contributed by atoms with Crippen molar-refractivity contribution < 1.29 is 216 Å². The average molecular weight is 1260 g/mol. The van der Waals surface area contributed by atoms with Gasteiger partial charge in [-0.2, -0.15) is 0 Å². The normalized spacial score (nSPS) is 13.2. The van der Waals surface area contributed by atoms with Crippen molar-refractivity contribution in [3.63, 3.8) is 0 Å². The average Bonchev–Trinajstić information content (AvgIpc) is 2.20. The summed E-state index contributed by atoms with van der Waals surface area (Å²) in [5.74, 6) is 0. The van der Waals surface area contributed by atoms with Gasteiger partial charge in [0, 0.05) is 0 Å². The molecule has 0 heterocycles. The third kappa shape index (κ3) is 35.8. The zero-order valence-electron chi connectivity index (χ0n) is 16.9. The van der Waals surface area contributed by atoms with Gasteiger partial charge in [0.2, 0.25) is 0 Å². The second-order valence-electron chi connectivity index (χ2n) is 3.75. The van der Waals surface area contributed by atoms with Gasteiger partial charge >= 0.3 is 216 Å². The molecule has 0 saturated heterocycles. The van der Waals surface area contributed by atoms with Crippen LogP contribution in [-0.2, 0) is 201 Å². The molecule has 0 saturated carbocycles. The summed E-state index contributed by atoms with van der Waals surface area (Å²) in [5, 5.41) is 0. The van der Waals surface area contributed by atoms with Crippen LogP contribution in [0.15, 0.2) is 0 Å². The summed E-state index contributed by atoms with van der Waals surface area (Å²) >= 11 is -57.3. The first-order chi connectivity index (χ1) is 14.2. The van der Waals surface area contributed by atoms with Crippen LogP contribution in [0.1, 0.15) is 0 Å². The van der Waals surface area contributed by atoms with Crippen molar-refractivity contribution in [2.24, 2.45) is 0 Å². The van der Waals surface area contributed by atoms with E-state index in [1.54, 1.807) is 0 Å².